The number of ether oxygens (including phenoxy) is 2. The quantitative estimate of drug-likeness (QED) is 0.637. The fourth-order valence-electron chi connectivity index (χ4n) is 3.40. The summed E-state index contributed by atoms with van der Waals surface area (Å²) < 4.78 is 10.5. The van der Waals surface area contributed by atoms with E-state index in [9.17, 15) is 9.59 Å². The van der Waals surface area contributed by atoms with Crippen molar-refractivity contribution in [1.29, 1.82) is 0 Å². The fraction of sp³-hybridized carbons (Fsp3) is 0.300. The number of ketones is 1. The fourth-order valence-corrected chi connectivity index (χ4v) is 3.40. The number of carbonyl (C=O) groups excluding carboxylic acids is 2. The zero-order valence-corrected chi connectivity index (χ0v) is 14.3. The molecular formula is C20H20N2O4. The average Bonchev–Trinajstić information content (AvgIpc) is 3.27. The third kappa shape index (κ3) is 3.22. The Morgan fingerprint density at radius 2 is 1.77 bits per heavy atom. The summed E-state index contributed by atoms with van der Waals surface area (Å²) in [7, 11) is 0. The number of benzene rings is 2. The van der Waals surface area contributed by atoms with Gasteiger partial charge in [0.1, 0.15) is 0 Å². The van der Waals surface area contributed by atoms with Crippen LogP contribution >= 0.6 is 0 Å². The summed E-state index contributed by atoms with van der Waals surface area (Å²) in [6.07, 6.45) is 3.52. The Labute approximate surface area is 151 Å². The molecule has 0 spiro atoms. The third-order valence-corrected chi connectivity index (χ3v) is 4.82. The minimum atomic E-state index is -0.259. The maximum absolute atomic E-state index is 12.4. The van der Waals surface area contributed by atoms with Crippen LogP contribution in [-0.2, 0) is 17.6 Å². The van der Waals surface area contributed by atoms with Crippen LogP contribution in [0.3, 0.4) is 0 Å². The van der Waals surface area contributed by atoms with Gasteiger partial charge in [-0.15, -0.1) is 0 Å². The molecule has 134 valence electrons. The van der Waals surface area contributed by atoms with E-state index >= 15 is 0 Å². The molecule has 1 heterocycles. The van der Waals surface area contributed by atoms with Crippen LogP contribution in [0.15, 0.2) is 30.3 Å². The number of amides is 1. The number of Topliss-reactive ketones (excluding diaryl/α,β-unsaturated/α-hetero) is 1. The van der Waals surface area contributed by atoms with E-state index in [1.807, 2.05) is 18.2 Å². The van der Waals surface area contributed by atoms with Crippen LogP contribution in [0.4, 0.5) is 11.4 Å². The molecule has 6 heteroatoms. The Kier molecular flexibility index (Phi) is 4.24. The molecule has 2 aromatic carbocycles. The first-order valence-electron chi connectivity index (χ1n) is 8.74. The molecule has 0 radical (unpaired) electrons. The van der Waals surface area contributed by atoms with E-state index in [1.54, 1.807) is 12.1 Å². The van der Waals surface area contributed by atoms with E-state index in [-0.39, 0.29) is 31.3 Å². The van der Waals surface area contributed by atoms with Crippen molar-refractivity contribution in [3.05, 3.63) is 47.0 Å². The summed E-state index contributed by atoms with van der Waals surface area (Å²) in [6.45, 7) is 0.140. The van der Waals surface area contributed by atoms with Gasteiger partial charge in [0.25, 0.3) is 0 Å². The first-order valence-corrected chi connectivity index (χ1v) is 8.74. The van der Waals surface area contributed by atoms with Gasteiger partial charge in [0.2, 0.25) is 12.7 Å². The van der Waals surface area contributed by atoms with Crippen LogP contribution < -0.4 is 20.5 Å². The second-order valence-electron chi connectivity index (χ2n) is 6.60. The molecule has 0 atom stereocenters. The maximum Gasteiger partial charge on any atom is 0.231 e. The molecule has 4 rings (SSSR count). The highest BCUT2D eigenvalue weighted by Crippen LogP contribution is 2.38. The van der Waals surface area contributed by atoms with E-state index in [4.69, 9.17) is 15.2 Å². The molecule has 1 aliphatic heterocycles. The predicted octanol–water partition coefficient (Wildman–Crippen LogP) is 3.09. The molecule has 0 aromatic heterocycles. The molecule has 1 amide bonds. The Morgan fingerprint density at radius 1 is 1.00 bits per heavy atom. The van der Waals surface area contributed by atoms with Crippen LogP contribution in [0.5, 0.6) is 11.5 Å². The van der Waals surface area contributed by atoms with Crippen molar-refractivity contribution in [2.24, 2.45) is 0 Å². The van der Waals surface area contributed by atoms with Gasteiger partial charge in [-0.25, -0.2) is 0 Å². The number of nitrogens with one attached hydrogen (secondary N) is 1. The normalized spacial score (nSPS) is 14.2. The number of nitrogen functional groups attached to an aromatic ring is 1. The molecule has 1 aliphatic carbocycles. The van der Waals surface area contributed by atoms with Crippen molar-refractivity contribution in [3.63, 3.8) is 0 Å². The van der Waals surface area contributed by atoms with Gasteiger partial charge in [-0.3, -0.25) is 9.59 Å². The zero-order valence-electron chi connectivity index (χ0n) is 14.3. The standard InChI is InChI=1S/C20H20N2O4/c21-15-9-18-19(26-11-25-18)10-16(15)22-20(24)7-6-17(23)14-5-4-12-2-1-3-13(12)8-14/h4-5,8-10H,1-3,6-7,11,21H2,(H,22,24). The van der Waals surface area contributed by atoms with E-state index in [2.05, 4.69) is 5.32 Å². The molecule has 6 nitrogen and oxygen atoms in total. The molecule has 0 saturated heterocycles. The lowest BCUT2D eigenvalue weighted by Crippen LogP contribution is -2.14. The van der Waals surface area contributed by atoms with Crippen molar-refractivity contribution in [2.75, 3.05) is 17.8 Å². The minimum Gasteiger partial charge on any atom is -0.454 e. The van der Waals surface area contributed by atoms with E-state index in [0.717, 1.165) is 19.3 Å². The average molecular weight is 352 g/mol. The molecule has 2 aromatic rings. The molecule has 2 aliphatic rings. The Balaban J connectivity index is 1.36. The maximum atomic E-state index is 12.4. The predicted molar refractivity (Wildman–Crippen MR) is 97.6 cm³/mol. The third-order valence-electron chi connectivity index (χ3n) is 4.82. The van der Waals surface area contributed by atoms with Gasteiger partial charge in [-0.1, -0.05) is 12.1 Å². The summed E-state index contributed by atoms with van der Waals surface area (Å²) in [5.41, 5.74) is 10.1. The zero-order chi connectivity index (χ0) is 18.1. The molecule has 0 saturated carbocycles. The van der Waals surface area contributed by atoms with Crippen molar-refractivity contribution in [2.45, 2.75) is 32.1 Å². The smallest absolute Gasteiger partial charge is 0.231 e. The number of rotatable bonds is 5. The van der Waals surface area contributed by atoms with E-state index in [0.29, 0.717) is 28.4 Å². The first kappa shape index (κ1) is 16.4. The molecule has 0 bridgehead atoms. The topological polar surface area (TPSA) is 90.7 Å². The lowest BCUT2D eigenvalue weighted by molar-refractivity contribution is -0.116. The SMILES string of the molecule is Nc1cc2c(cc1NC(=O)CCC(=O)c1ccc3c(c1)CCC3)OCO2. The number of aryl methyl sites for hydroxylation is 2. The van der Waals surface area contributed by atoms with E-state index in [1.165, 1.54) is 11.1 Å². The number of nitrogens with two attached hydrogens (primary N) is 1. The van der Waals surface area contributed by atoms with Gasteiger partial charge in [0, 0.05) is 30.5 Å². The molecule has 3 N–H and O–H groups in total. The molecule has 26 heavy (non-hydrogen) atoms. The van der Waals surface area contributed by atoms with Crippen molar-refractivity contribution >= 4 is 23.1 Å². The van der Waals surface area contributed by atoms with Crippen molar-refractivity contribution in [1.82, 2.24) is 0 Å². The Bertz CT molecular complexity index is 892. The number of anilines is 2. The van der Waals surface area contributed by atoms with Gasteiger partial charge < -0.3 is 20.5 Å². The first-order chi connectivity index (χ1) is 12.6. The molecule has 0 unspecified atom stereocenters. The summed E-state index contributed by atoms with van der Waals surface area (Å²) >= 11 is 0. The van der Waals surface area contributed by atoms with Gasteiger partial charge >= 0.3 is 0 Å². The van der Waals surface area contributed by atoms with Gasteiger partial charge in [-0.2, -0.15) is 0 Å². The van der Waals surface area contributed by atoms with Crippen molar-refractivity contribution < 1.29 is 19.1 Å². The van der Waals surface area contributed by atoms with Crippen LogP contribution in [0.25, 0.3) is 0 Å². The number of fused-ring (bicyclic) bond motifs is 2. The largest absolute Gasteiger partial charge is 0.454 e. The molecule has 0 fully saturated rings. The van der Waals surface area contributed by atoms with Crippen molar-refractivity contribution in [3.8, 4) is 11.5 Å². The summed E-state index contributed by atoms with van der Waals surface area (Å²) in [5, 5.41) is 2.74. The van der Waals surface area contributed by atoms with Gasteiger partial charge in [0.15, 0.2) is 17.3 Å². The highest BCUT2D eigenvalue weighted by molar-refractivity contribution is 6.01. The number of hydrogen-bond donors (Lipinski definition) is 2. The van der Waals surface area contributed by atoms with Gasteiger partial charge in [-0.05, 0) is 36.5 Å². The second kappa shape index (κ2) is 6.71. The summed E-state index contributed by atoms with van der Waals surface area (Å²) in [5.74, 6) is 0.828. The van der Waals surface area contributed by atoms with E-state index < -0.39 is 0 Å². The van der Waals surface area contributed by atoms with Crippen LogP contribution in [0.1, 0.15) is 40.7 Å². The van der Waals surface area contributed by atoms with Crippen LogP contribution in [0.2, 0.25) is 0 Å². The lowest BCUT2D eigenvalue weighted by atomic mass is 10.0. The summed E-state index contributed by atoms with van der Waals surface area (Å²) in [4.78, 5) is 24.6. The second-order valence-corrected chi connectivity index (χ2v) is 6.60. The molecular weight excluding hydrogens is 332 g/mol. The number of carbonyl (C=O) groups is 2. The Hall–Kier alpha value is -3.02. The highest BCUT2D eigenvalue weighted by atomic mass is 16.7. The minimum absolute atomic E-state index is 0.0199. The Morgan fingerprint density at radius 3 is 2.62 bits per heavy atom. The highest BCUT2D eigenvalue weighted by Gasteiger charge is 2.18. The van der Waals surface area contributed by atoms with Crippen LogP contribution in [0, 0.1) is 0 Å². The number of hydrogen-bond acceptors (Lipinski definition) is 5. The monoisotopic (exact) mass is 352 g/mol. The van der Waals surface area contributed by atoms with Gasteiger partial charge in [0.05, 0.1) is 11.4 Å². The summed E-state index contributed by atoms with van der Waals surface area (Å²) in [6, 6.07) is 9.12. The lowest BCUT2D eigenvalue weighted by Gasteiger charge is -2.09. The van der Waals surface area contributed by atoms with Crippen LogP contribution in [-0.4, -0.2) is 18.5 Å².